The first-order valence-corrected chi connectivity index (χ1v) is 12.5. The molecular weight excluding hydrogens is 476 g/mol. The highest BCUT2D eigenvalue weighted by Gasteiger charge is 2.13. The van der Waals surface area contributed by atoms with E-state index in [1.807, 2.05) is 48.5 Å². The minimum Gasteiger partial charge on any atom is -0.478 e. The maximum Gasteiger partial charge on any atom is 0.336 e. The zero-order valence-corrected chi connectivity index (χ0v) is 21.3. The zero-order valence-electron chi connectivity index (χ0n) is 21.3. The third kappa shape index (κ3) is 5.32. The van der Waals surface area contributed by atoms with E-state index < -0.39 is 5.97 Å². The average Bonchev–Trinajstić information content (AvgIpc) is 3.34. The van der Waals surface area contributed by atoms with Crippen LogP contribution in [0.25, 0.3) is 22.2 Å². The van der Waals surface area contributed by atoms with Gasteiger partial charge >= 0.3 is 5.97 Å². The fourth-order valence-electron chi connectivity index (χ4n) is 4.46. The van der Waals surface area contributed by atoms with Gasteiger partial charge in [0.1, 0.15) is 5.52 Å². The maximum absolute atomic E-state index is 12.8. The molecule has 1 heterocycles. The molecule has 1 amide bonds. The molecule has 0 fully saturated rings. The van der Waals surface area contributed by atoms with E-state index in [9.17, 15) is 14.7 Å². The number of nitrogens with zero attached hydrogens (tertiary/aromatic N) is 3. The van der Waals surface area contributed by atoms with E-state index >= 15 is 0 Å². The summed E-state index contributed by atoms with van der Waals surface area (Å²) in [7, 11) is 0. The van der Waals surface area contributed by atoms with Gasteiger partial charge in [0, 0.05) is 12.1 Å². The molecular formula is C31H28N4O3. The van der Waals surface area contributed by atoms with Gasteiger partial charge in [0.25, 0.3) is 5.91 Å². The number of rotatable bonds is 8. The number of aromatic carboxylic acids is 1. The Morgan fingerprint density at radius 1 is 0.895 bits per heavy atom. The third-order valence-electron chi connectivity index (χ3n) is 6.60. The quantitative estimate of drug-likeness (QED) is 0.274. The standard InChI is InChI=1S/C31H28N4O3/c1-20(2)24-7-5-6-22(16-24)18-32-30(36)25-14-15-29-28(17-25)33-34-35(29)19-21-10-12-23(13-11-21)26-8-3-4-9-27(26)31(37)38/h3-17,20H,18-19H2,1-2H3,(H,32,36)(H,37,38). The van der Waals surface area contributed by atoms with Crippen LogP contribution in [0.5, 0.6) is 0 Å². The van der Waals surface area contributed by atoms with Crippen LogP contribution in [0, 0.1) is 0 Å². The smallest absolute Gasteiger partial charge is 0.336 e. The molecule has 4 aromatic carbocycles. The number of hydrogen-bond acceptors (Lipinski definition) is 4. The number of aromatic nitrogens is 3. The molecule has 0 unspecified atom stereocenters. The molecule has 190 valence electrons. The van der Waals surface area contributed by atoms with Gasteiger partial charge in [-0.1, -0.05) is 85.8 Å². The molecule has 0 saturated heterocycles. The first-order valence-electron chi connectivity index (χ1n) is 12.5. The van der Waals surface area contributed by atoms with Gasteiger partial charge in [-0.05, 0) is 58.0 Å². The maximum atomic E-state index is 12.8. The summed E-state index contributed by atoms with van der Waals surface area (Å²) in [5, 5.41) is 21.0. The number of hydrogen-bond donors (Lipinski definition) is 2. The SMILES string of the molecule is CC(C)c1cccc(CNC(=O)c2ccc3c(c2)nnn3Cc2ccc(-c3ccccc3C(=O)O)cc2)c1. The van der Waals surface area contributed by atoms with Crippen LogP contribution in [-0.4, -0.2) is 32.0 Å². The van der Waals surface area contributed by atoms with Crippen molar-refractivity contribution in [2.75, 3.05) is 0 Å². The van der Waals surface area contributed by atoms with Crippen molar-refractivity contribution < 1.29 is 14.7 Å². The number of fused-ring (bicyclic) bond motifs is 1. The summed E-state index contributed by atoms with van der Waals surface area (Å²) >= 11 is 0. The van der Waals surface area contributed by atoms with Crippen LogP contribution < -0.4 is 5.32 Å². The normalized spacial score (nSPS) is 11.1. The lowest BCUT2D eigenvalue weighted by Crippen LogP contribution is -2.22. The van der Waals surface area contributed by atoms with Crippen molar-refractivity contribution in [1.29, 1.82) is 0 Å². The summed E-state index contributed by atoms with van der Waals surface area (Å²) in [5.41, 5.74) is 7.09. The van der Waals surface area contributed by atoms with Crippen LogP contribution in [-0.2, 0) is 13.1 Å². The fourth-order valence-corrected chi connectivity index (χ4v) is 4.46. The summed E-state index contributed by atoms with van der Waals surface area (Å²) in [5.74, 6) is -0.678. The van der Waals surface area contributed by atoms with Crippen molar-refractivity contribution in [2.24, 2.45) is 0 Å². The Kier molecular flexibility index (Phi) is 7.00. The third-order valence-corrected chi connectivity index (χ3v) is 6.60. The Hall–Kier alpha value is -4.78. The summed E-state index contributed by atoms with van der Waals surface area (Å²) in [4.78, 5) is 24.3. The molecule has 0 spiro atoms. The Morgan fingerprint density at radius 2 is 1.68 bits per heavy atom. The van der Waals surface area contributed by atoms with Crippen molar-refractivity contribution in [2.45, 2.75) is 32.9 Å². The second kappa shape index (κ2) is 10.7. The number of carboxylic acids is 1. The van der Waals surface area contributed by atoms with Gasteiger partial charge in [0.2, 0.25) is 0 Å². The number of carbonyl (C=O) groups is 2. The molecule has 5 rings (SSSR count). The lowest BCUT2D eigenvalue weighted by Gasteiger charge is -2.10. The van der Waals surface area contributed by atoms with Gasteiger partial charge in [-0.2, -0.15) is 0 Å². The molecule has 0 aliphatic rings. The molecule has 2 N–H and O–H groups in total. The summed E-state index contributed by atoms with van der Waals surface area (Å²) in [6, 6.07) is 28.3. The van der Waals surface area contributed by atoms with Gasteiger partial charge in [-0.25, -0.2) is 9.48 Å². The second-order valence-electron chi connectivity index (χ2n) is 9.58. The van der Waals surface area contributed by atoms with Crippen LogP contribution in [0.4, 0.5) is 0 Å². The number of carboxylic acid groups (broad SMARTS) is 1. The Balaban J connectivity index is 1.28. The van der Waals surface area contributed by atoms with Crippen LogP contribution in [0.3, 0.4) is 0 Å². The van der Waals surface area contributed by atoms with E-state index in [1.165, 1.54) is 5.56 Å². The summed E-state index contributed by atoms with van der Waals surface area (Å²) in [6.45, 7) is 5.25. The van der Waals surface area contributed by atoms with E-state index in [-0.39, 0.29) is 11.5 Å². The predicted octanol–water partition coefficient (Wildman–Crippen LogP) is 5.90. The lowest BCUT2D eigenvalue weighted by molar-refractivity contribution is 0.0697. The van der Waals surface area contributed by atoms with E-state index in [2.05, 4.69) is 41.6 Å². The fraction of sp³-hybridized carbons (Fsp3) is 0.161. The van der Waals surface area contributed by atoms with Crippen molar-refractivity contribution in [3.05, 3.63) is 119 Å². The molecule has 7 nitrogen and oxygen atoms in total. The van der Waals surface area contributed by atoms with Gasteiger partial charge in [-0.15, -0.1) is 5.10 Å². The van der Waals surface area contributed by atoms with Crippen molar-refractivity contribution >= 4 is 22.9 Å². The number of nitrogens with one attached hydrogen (secondary N) is 1. The van der Waals surface area contributed by atoms with Crippen LogP contribution >= 0.6 is 0 Å². The highest BCUT2D eigenvalue weighted by atomic mass is 16.4. The highest BCUT2D eigenvalue weighted by Crippen LogP contribution is 2.25. The van der Waals surface area contributed by atoms with Crippen molar-refractivity contribution in [3.63, 3.8) is 0 Å². The molecule has 0 aliphatic carbocycles. The second-order valence-corrected chi connectivity index (χ2v) is 9.58. The number of benzene rings is 4. The first-order chi connectivity index (χ1) is 18.4. The van der Waals surface area contributed by atoms with Gasteiger partial charge < -0.3 is 10.4 Å². The topological polar surface area (TPSA) is 97.1 Å². The molecule has 5 aromatic rings. The minimum absolute atomic E-state index is 0.159. The largest absolute Gasteiger partial charge is 0.478 e. The Morgan fingerprint density at radius 3 is 2.45 bits per heavy atom. The molecule has 7 heteroatoms. The summed E-state index contributed by atoms with van der Waals surface area (Å²) < 4.78 is 1.79. The molecule has 38 heavy (non-hydrogen) atoms. The van der Waals surface area contributed by atoms with E-state index in [4.69, 9.17) is 0 Å². The highest BCUT2D eigenvalue weighted by molar-refractivity contribution is 5.97. The lowest BCUT2D eigenvalue weighted by atomic mass is 9.99. The van der Waals surface area contributed by atoms with Crippen LogP contribution in [0.15, 0.2) is 91.0 Å². The molecule has 0 saturated carbocycles. The van der Waals surface area contributed by atoms with Crippen molar-refractivity contribution in [1.82, 2.24) is 20.3 Å². The van der Waals surface area contributed by atoms with E-state index in [0.29, 0.717) is 35.7 Å². The molecule has 0 radical (unpaired) electrons. The van der Waals surface area contributed by atoms with Crippen molar-refractivity contribution in [3.8, 4) is 11.1 Å². The van der Waals surface area contributed by atoms with Gasteiger partial charge in [-0.3, -0.25) is 4.79 Å². The molecule has 0 bridgehead atoms. The van der Waals surface area contributed by atoms with Crippen LogP contribution in [0.2, 0.25) is 0 Å². The summed E-state index contributed by atoms with van der Waals surface area (Å²) in [6.07, 6.45) is 0. The van der Waals surface area contributed by atoms with E-state index in [1.54, 1.807) is 35.0 Å². The first kappa shape index (κ1) is 24.9. The monoisotopic (exact) mass is 504 g/mol. The number of carbonyl (C=O) groups excluding carboxylic acids is 1. The molecule has 1 aromatic heterocycles. The minimum atomic E-state index is -0.952. The predicted molar refractivity (Wildman–Crippen MR) is 147 cm³/mol. The Labute approximate surface area is 220 Å². The average molecular weight is 505 g/mol. The molecule has 0 aliphatic heterocycles. The van der Waals surface area contributed by atoms with Gasteiger partial charge in [0.15, 0.2) is 0 Å². The van der Waals surface area contributed by atoms with Crippen LogP contribution in [0.1, 0.15) is 57.2 Å². The zero-order chi connectivity index (χ0) is 26.6. The Bertz CT molecular complexity index is 1620. The number of amides is 1. The molecule has 0 atom stereocenters. The van der Waals surface area contributed by atoms with Gasteiger partial charge in [0.05, 0.1) is 17.6 Å². The van der Waals surface area contributed by atoms with E-state index in [0.717, 1.165) is 22.2 Å².